The van der Waals surface area contributed by atoms with Crippen LogP contribution in [0.1, 0.15) is 50.3 Å². The molecule has 2 rings (SSSR count). The molecule has 3 nitrogen and oxygen atoms in total. The highest BCUT2D eigenvalue weighted by atomic mass is 32.2. The van der Waals surface area contributed by atoms with E-state index >= 15 is 0 Å². The lowest BCUT2D eigenvalue weighted by molar-refractivity contribution is -0.132. The maximum Gasteiger partial charge on any atom is 0.222 e. The number of hydrogen-bond acceptors (Lipinski definition) is 2. The summed E-state index contributed by atoms with van der Waals surface area (Å²) >= 11 is -0.160. The third-order valence-electron chi connectivity index (χ3n) is 4.50. The molecule has 0 bridgehead atoms. The lowest BCUT2D eigenvalue weighted by atomic mass is 9.92. The number of benzene rings is 1. The number of piperazine rings is 1. The first kappa shape index (κ1) is 17.4. The van der Waals surface area contributed by atoms with E-state index in [1.54, 1.807) is 0 Å². The van der Waals surface area contributed by atoms with E-state index in [1.807, 2.05) is 6.92 Å². The first-order valence-corrected chi connectivity index (χ1v) is 10.4. The molecular weight excluding hydrogens is 292 g/mol. The van der Waals surface area contributed by atoms with Gasteiger partial charge in [0, 0.05) is 26.1 Å². The van der Waals surface area contributed by atoms with E-state index in [2.05, 4.69) is 59.8 Å². The van der Waals surface area contributed by atoms with E-state index in [9.17, 15) is 4.79 Å². The molecule has 4 heteroatoms. The van der Waals surface area contributed by atoms with Crippen molar-refractivity contribution >= 4 is 17.0 Å². The molecule has 1 amide bonds. The fraction of sp³-hybridized carbons (Fsp3) is 0.611. The number of nitrogens with zero attached hydrogens (tertiary/aromatic N) is 2. The molecule has 1 fully saturated rings. The van der Waals surface area contributed by atoms with Gasteiger partial charge in [-0.2, -0.15) is 0 Å². The van der Waals surface area contributed by atoms with Crippen LogP contribution in [0.15, 0.2) is 24.3 Å². The van der Waals surface area contributed by atoms with Crippen molar-refractivity contribution in [2.45, 2.75) is 39.2 Å². The van der Waals surface area contributed by atoms with Crippen molar-refractivity contribution in [2.75, 3.05) is 32.1 Å². The summed E-state index contributed by atoms with van der Waals surface area (Å²) in [7, 11) is 0. The molecule has 22 heavy (non-hydrogen) atoms. The molecule has 1 aromatic rings. The van der Waals surface area contributed by atoms with Crippen molar-refractivity contribution in [3.8, 4) is 0 Å². The topological polar surface area (TPSA) is 23.6 Å². The summed E-state index contributed by atoms with van der Waals surface area (Å²) in [4.78, 5) is 14.2. The molecule has 0 aliphatic carbocycles. The monoisotopic (exact) mass is 322 g/mol. The maximum atomic E-state index is 12.2. The Hall–Kier alpha value is -1.00. The van der Waals surface area contributed by atoms with Gasteiger partial charge >= 0.3 is 0 Å². The highest BCUT2D eigenvalue weighted by Gasteiger charge is 2.32. The van der Waals surface area contributed by atoms with Gasteiger partial charge in [-0.05, 0) is 29.6 Å². The molecule has 1 aliphatic rings. The lowest BCUT2D eigenvalue weighted by Crippen LogP contribution is -2.49. The first-order chi connectivity index (χ1) is 10.5. The minimum atomic E-state index is -0.160. The van der Waals surface area contributed by atoms with E-state index in [-0.39, 0.29) is 17.0 Å². The van der Waals surface area contributed by atoms with Gasteiger partial charge < -0.3 is 4.90 Å². The number of thiol groups is 1. The fourth-order valence-corrected chi connectivity index (χ4v) is 4.55. The Morgan fingerprint density at radius 2 is 1.95 bits per heavy atom. The number of rotatable bonds is 4. The molecule has 0 aromatic heterocycles. The molecule has 1 saturated heterocycles. The van der Waals surface area contributed by atoms with Crippen LogP contribution in [0, 0.1) is 0 Å². The Morgan fingerprint density at radius 3 is 2.55 bits per heavy atom. The summed E-state index contributed by atoms with van der Waals surface area (Å²) in [6.45, 7) is 9.15. The molecule has 0 saturated carbocycles. The predicted molar refractivity (Wildman–Crippen MR) is 97.7 cm³/mol. The van der Waals surface area contributed by atoms with Gasteiger partial charge in [-0.3, -0.25) is 9.10 Å². The number of amides is 1. The van der Waals surface area contributed by atoms with E-state index in [0.29, 0.717) is 18.4 Å². The SMILES string of the molecule is CCC(=O)N1CCN([SH](C)C)C(c2ccccc2C(C)C)C1. The molecule has 1 heterocycles. The summed E-state index contributed by atoms with van der Waals surface area (Å²) in [5.41, 5.74) is 2.82. The minimum Gasteiger partial charge on any atom is -0.339 e. The van der Waals surface area contributed by atoms with E-state index < -0.39 is 0 Å². The minimum absolute atomic E-state index is 0.160. The second-order valence-corrected chi connectivity index (χ2v) is 8.71. The standard InChI is InChI=1S/C18H30N2OS/c1-6-18(21)19-11-12-20(22(4)5)17(13-19)16-10-8-7-9-15(16)14(2)3/h7-10,14,17,22H,6,11-13H2,1-5H3. The quantitative estimate of drug-likeness (QED) is 0.857. The van der Waals surface area contributed by atoms with Crippen molar-refractivity contribution < 1.29 is 4.79 Å². The zero-order valence-electron chi connectivity index (χ0n) is 14.5. The number of carbonyl (C=O) groups is 1. The van der Waals surface area contributed by atoms with Crippen molar-refractivity contribution in [1.82, 2.24) is 9.21 Å². The van der Waals surface area contributed by atoms with Gasteiger partial charge in [0.15, 0.2) is 0 Å². The molecule has 1 atom stereocenters. The number of hydrogen-bond donors (Lipinski definition) is 1. The molecule has 1 aromatic carbocycles. The molecule has 124 valence electrons. The summed E-state index contributed by atoms with van der Waals surface area (Å²) in [5.74, 6) is 0.790. The Balaban J connectivity index is 2.36. The zero-order chi connectivity index (χ0) is 16.3. The van der Waals surface area contributed by atoms with Crippen LogP contribution in [0.3, 0.4) is 0 Å². The van der Waals surface area contributed by atoms with Crippen LogP contribution in [0.2, 0.25) is 0 Å². The van der Waals surface area contributed by atoms with Crippen molar-refractivity contribution in [1.29, 1.82) is 0 Å². The molecule has 0 radical (unpaired) electrons. The average Bonchev–Trinajstić information content (AvgIpc) is 2.53. The second-order valence-electron chi connectivity index (χ2n) is 6.50. The van der Waals surface area contributed by atoms with Crippen molar-refractivity contribution in [2.24, 2.45) is 0 Å². The Labute approximate surface area is 138 Å². The van der Waals surface area contributed by atoms with E-state index in [1.165, 1.54) is 11.1 Å². The first-order valence-electron chi connectivity index (χ1n) is 8.26. The van der Waals surface area contributed by atoms with Gasteiger partial charge in [0.1, 0.15) is 0 Å². The normalized spacial score (nSPS) is 20.4. The van der Waals surface area contributed by atoms with Crippen LogP contribution in [0.25, 0.3) is 0 Å². The van der Waals surface area contributed by atoms with Crippen LogP contribution in [-0.4, -0.2) is 47.3 Å². The third kappa shape index (κ3) is 3.66. The molecule has 1 aliphatic heterocycles. The van der Waals surface area contributed by atoms with Gasteiger partial charge in [-0.15, -0.1) is 0 Å². The summed E-state index contributed by atoms with van der Waals surface area (Å²) in [6.07, 6.45) is 5.24. The van der Waals surface area contributed by atoms with E-state index in [0.717, 1.165) is 19.6 Å². The summed E-state index contributed by atoms with van der Waals surface area (Å²) in [6, 6.07) is 9.09. The lowest BCUT2D eigenvalue weighted by Gasteiger charge is -2.45. The predicted octanol–water partition coefficient (Wildman–Crippen LogP) is 3.58. The molecule has 1 unspecified atom stereocenters. The maximum absolute atomic E-state index is 12.2. The fourth-order valence-electron chi connectivity index (χ4n) is 3.30. The van der Waals surface area contributed by atoms with E-state index in [4.69, 9.17) is 0 Å². The van der Waals surface area contributed by atoms with Gasteiger partial charge in [-0.25, -0.2) is 11.1 Å². The van der Waals surface area contributed by atoms with Gasteiger partial charge in [0.25, 0.3) is 0 Å². The highest BCUT2D eigenvalue weighted by molar-refractivity contribution is 8.13. The largest absolute Gasteiger partial charge is 0.339 e. The Kier molecular flexibility index (Phi) is 5.93. The van der Waals surface area contributed by atoms with Crippen molar-refractivity contribution in [3.05, 3.63) is 35.4 Å². The average molecular weight is 323 g/mol. The van der Waals surface area contributed by atoms with Crippen LogP contribution < -0.4 is 0 Å². The van der Waals surface area contributed by atoms with Crippen molar-refractivity contribution in [3.63, 3.8) is 0 Å². The zero-order valence-corrected chi connectivity index (χ0v) is 15.4. The van der Waals surface area contributed by atoms with Gasteiger partial charge in [0.2, 0.25) is 5.91 Å². The second kappa shape index (κ2) is 7.51. The Morgan fingerprint density at radius 1 is 1.27 bits per heavy atom. The summed E-state index contributed by atoms with van der Waals surface area (Å²) < 4.78 is 2.61. The Bertz CT molecular complexity index is 516. The molecular formula is C18H30N2OS. The summed E-state index contributed by atoms with van der Waals surface area (Å²) in [5, 5.41) is 0. The highest BCUT2D eigenvalue weighted by Crippen LogP contribution is 2.39. The van der Waals surface area contributed by atoms with Gasteiger partial charge in [0.05, 0.1) is 6.04 Å². The van der Waals surface area contributed by atoms with Crippen LogP contribution in [-0.2, 0) is 4.79 Å². The van der Waals surface area contributed by atoms with Crippen LogP contribution in [0.5, 0.6) is 0 Å². The molecule has 0 spiro atoms. The molecule has 0 N–H and O–H groups in total. The number of carbonyl (C=O) groups excluding carboxylic acids is 1. The smallest absolute Gasteiger partial charge is 0.222 e. The third-order valence-corrected chi connectivity index (χ3v) is 6.00. The van der Waals surface area contributed by atoms with Crippen LogP contribution in [0.4, 0.5) is 0 Å². The van der Waals surface area contributed by atoms with Crippen LogP contribution >= 0.6 is 11.1 Å². The van der Waals surface area contributed by atoms with Gasteiger partial charge in [-0.1, -0.05) is 45.0 Å².